The van der Waals surface area contributed by atoms with Crippen LogP contribution in [-0.4, -0.2) is 64.7 Å². The maximum atomic E-state index is 13.4. The molecule has 9 nitrogen and oxygen atoms in total. The number of esters is 1. The van der Waals surface area contributed by atoms with E-state index < -0.39 is 17.7 Å². The van der Waals surface area contributed by atoms with Crippen molar-refractivity contribution in [3.8, 4) is 28.1 Å². The van der Waals surface area contributed by atoms with Gasteiger partial charge < -0.3 is 23.8 Å². The largest absolute Gasteiger partial charge is 0.490 e. The molecular formula is C40H52N4O5. The number of hydrogen-bond donors (Lipinski definition) is 0. The predicted octanol–water partition coefficient (Wildman–Crippen LogP) is 8.29. The van der Waals surface area contributed by atoms with Gasteiger partial charge in [-0.2, -0.15) is 9.61 Å². The average molecular weight is 669 g/mol. The molecule has 2 aromatic heterocycles. The summed E-state index contributed by atoms with van der Waals surface area (Å²) in [6, 6.07) is 17.0. The third kappa shape index (κ3) is 7.63. The summed E-state index contributed by atoms with van der Waals surface area (Å²) in [5.41, 5.74) is 6.40. The molecule has 6 bridgehead atoms. The van der Waals surface area contributed by atoms with Gasteiger partial charge in [0.1, 0.15) is 11.6 Å². The Hall–Kier alpha value is -3.95. The molecule has 2 aromatic carbocycles. The first-order chi connectivity index (χ1) is 23.4. The van der Waals surface area contributed by atoms with Gasteiger partial charge in [0.15, 0.2) is 11.8 Å². The highest BCUT2D eigenvalue weighted by Crippen LogP contribution is 2.40. The smallest absolute Gasteiger partial charge is 0.339 e. The number of rotatable bonds is 4. The van der Waals surface area contributed by atoms with E-state index in [1.165, 1.54) is 12.7 Å². The Kier molecular flexibility index (Phi) is 10.1. The molecule has 3 aliphatic rings. The highest BCUT2D eigenvalue weighted by molar-refractivity contribution is 5.81. The topological polar surface area (TPSA) is 87.4 Å². The Morgan fingerprint density at radius 1 is 1.08 bits per heavy atom. The third-order valence-electron chi connectivity index (χ3n) is 9.78. The molecule has 5 heterocycles. The Bertz CT molecular complexity index is 1800. The van der Waals surface area contributed by atoms with Crippen molar-refractivity contribution in [2.75, 3.05) is 31.7 Å². The first kappa shape index (κ1) is 34.9. The van der Waals surface area contributed by atoms with E-state index in [4.69, 9.17) is 29.0 Å². The molecule has 0 unspecified atom stereocenters. The Balaban J connectivity index is 1.54. The summed E-state index contributed by atoms with van der Waals surface area (Å²) in [5, 5.41) is 5.20. The quantitative estimate of drug-likeness (QED) is 0.201. The van der Waals surface area contributed by atoms with Gasteiger partial charge in [-0.25, -0.2) is 9.78 Å². The maximum absolute atomic E-state index is 13.4. The minimum atomic E-state index is -0.977. The fraction of sp³-hybridized carbons (Fsp3) is 0.525. The third-order valence-corrected chi connectivity index (χ3v) is 9.78. The zero-order chi connectivity index (χ0) is 34.9. The number of aromatic nitrogens is 3. The number of piperidine rings is 1. The van der Waals surface area contributed by atoms with Crippen molar-refractivity contribution >= 4 is 17.4 Å². The molecule has 4 aromatic rings. The van der Waals surface area contributed by atoms with Gasteiger partial charge >= 0.3 is 5.97 Å². The number of hydrogen-bond acceptors (Lipinski definition) is 8. The number of benzene rings is 2. The molecule has 0 spiro atoms. The van der Waals surface area contributed by atoms with Gasteiger partial charge in [-0.15, -0.1) is 0 Å². The molecular weight excluding hydrogens is 616 g/mol. The fourth-order valence-corrected chi connectivity index (χ4v) is 6.99. The lowest BCUT2D eigenvalue weighted by Crippen LogP contribution is -2.46. The minimum absolute atomic E-state index is 0.0790. The lowest BCUT2D eigenvalue weighted by molar-refractivity contribution is -0.164. The fourth-order valence-electron chi connectivity index (χ4n) is 6.99. The lowest BCUT2D eigenvalue weighted by Gasteiger charge is -2.41. The van der Waals surface area contributed by atoms with Crippen LogP contribution in [0, 0.1) is 6.92 Å². The summed E-state index contributed by atoms with van der Waals surface area (Å²) in [5.74, 6) is 1.23. The zero-order valence-electron chi connectivity index (χ0n) is 30.5. The summed E-state index contributed by atoms with van der Waals surface area (Å²) >= 11 is 0. The van der Waals surface area contributed by atoms with Crippen LogP contribution in [0.15, 0.2) is 48.5 Å². The Labute approximate surface area is 290 Å². The van der Waals surface area contributed by atoms with E-state index in [2.05, 4.69) is 68.1 Å². The molecule has 2 atom stereocenters. The van der Waals surface area contributed by atoms with Gasteiger partial charge in [-0.1, -0.05) is 31.2 Å². The SMILES string of the molecule is CCc1ccc2c(c1)-c1cccc(c1)-c1cc3nc(C)c([C@H](OC(C)(C)C)C(=O)OC)c(n3n1)N1CCC(C)(CC1)OCCCC[C@H](C)O2. The van der Waals surface area contributed by atoms with Crippen LogP contribution in [0.2, 0.25) is 0 Å². The van der Waals surface area contributed by atoms with Crippen molar-refractivity contribution in [2.24, 2.45) is 0 Å². The van der Waals surface area contributed by atoms with Crippen LogP contribution in [-0.2, 0) is 25.4 Å². The second kappa shape index (κ2) is 14.1. The van der Waals surface area contributed by atoms with Crippen LogP contribution in [0.1, 0.15) is 96.6 Å². The number of anilines is 1. The number of carbonyl (C=O) groups excluding carboxylic acids is 1. The first-order valence-corrected chi connectivity index (χ1v) is 17.8. The molecule has 0 aliphatic carbocycles. The van der Waals surface area contributed by atoms with Gasteiger partial charge in [0.25, 0.3) is 0 Å². The number of ether oxygens (including phenoxy) is 4. The molecule has 0 amide bonds. The molecule has 0 saturated carbocycles. The Morgan fingerprint density at radius 2 is 1.84 bits per heavy atom. The van der Waals surface area contributed by atoms with Gasteiger partial charge in [0.2, 0.25) is 0 Å². The van der Waals surface area contributed by atoms with Crippen LogP contribution in [0.5, 0.6) is 5.75 Å². The summed E-state index contributed by atoms with van der Waals surface area (Å²) in [7, 11) is 1.40. The van der Waals surface area contributed by atoms with Crippen molar-refractivity contribution in [1.82, 2.24) is 14.6 Å². The van der Waals surface area contributed by atoms with E-state index in [-0.39, 0.29) is 11.7 Å². The molecule has 7 rings (SSSR count). The van der Waals surface area contributed by atoms with Crippen molar-refractivity contribution in [3.63, 3.8) is 0 Å². The van der Waals surface area contributed by atoms with Crippen LogP contribution in [0.3, 0.4) is 0 Å². The van der Waals surface area contributed by atoms with Crippen molar-refractivity contribution in [2.45, 2.75) is 110 Å². The van der Waals surface area contributed by atoms with Crippen LogP contribution >= 0.6 is 0 Å². The summed E-state index contributed by atoms with van der Waals surface area (Å²) in [6.45, 7) is 16.5. The molecule has 1 saturated heterocycles. The highest BCUT2D eigenvalue weighted by atomic mass is 16.6. The summed E-state index contributed by atoms with van der Waals surface area (Å²) in [6.07, 6.45) is 4.68. The van der Waals surface area contributed by atoms with Crippen molar-refractivity contribution in [1.29, 1.82) is 0 Å². The maximum Gasteiger partial charge on any atom is 0.339 e. The molecule has 49 heavy (non-hydrogen) atoms. The normalized spacial score (nSPS) is 20.9. The van der Waals surface area contributed by atoms with E-state index in [1.807, 2.05) is 38.3 Å². The van der Waals surface area contributed by atoms with Crippen LogP contribution in [0.4, 0.5) is 5.82 Å². The zero-order valence-corrected chi connectivity index (χ0v) is 30.5. The lowest BCUT2D eigenvalue weighted by atomic mass is 9.92. The number of aryl methyl sites for hydroxylation is 2. The molecule has 1 fully saturated rings. The van der Waals surface area contributed by atoms with Crippen LogP contribution < -0.4 is 9.64 Å². The van der Waals surface area contributed by atoms with E-state index >= 15 is 0 Å². The minimum Gasteiger partial charge on any atom is -0.490 e. The number of methoxy groups -OCH3 is 1. The van der Waals surface area contributed by atoms with E-state index in [0.717, 1.165) is 85.6 Å². The number of fused-ring (bicyclic) bond motifs is 8. The number of nitrogens with zero attached hydrogens (tertiary/aromatic N) is 4. The standard InChI is InChI=1S/C40H52N4O5/c1-9-28-16-17-33-31(23-28)29-14-12-15-30(24-29)32-25-34-41-27(3)35(36(38(45)46-8)49-39(4,5)6)37(44(34)42-32)43-20-18-40(7,19-21-43)47-22-11-10-13-26(2)48-33/h12,14-17,23-26,36H,9-11,13,18-22H2,1-8H3/t26-,36-/m0/s1. The van der Waals surface area contributed by atoms with E-state index in [9.17, 15) is 4.79 Å². The second-order valence-electron chi connectivity index (χ2n) is 14.8. The van der Waals surface area contributed by atoms with Gasteiger partial charge in [-0.3, -0.25) is 0 Å². The summed E-state index contributed by atoms with van der Waals surface area (Å²) in [4.78, 5) is 20.8. The first-order valence-electron chi connectivity index (χ1n) is 17.8. The van der Waals surface area contributed by atoms with E-state index in [1.54, 1.807) is 0 Å². The Morgan fingerprint density at radius 3 is 2.55 bits per heavy atom. The molecule has 0 N–H and O–H groups in total. The molecule has 9 heteroatoms. The average Bonchev–Trinajstić information content (AvgIpc) is 3.50. The summed E-state index contributed by atoms with van der Waals surface area (Å²) < 4.78 is 26.8. The van der Waals surface area contributed by atoms with E-state index in [0.29, 0.717) is 23.5 Å². The van der Waals surface area contributed by atoms with Crippen molar-refractivity contribution < 1.29 is 23.7 Å². The highest BCUT2D eigenvalue weighted by Gasteiger charge is 2.38. The van der Waals surface area contributed by atoms with Gasteiger partial charge in [0, 0.05) is 42.6 Å². The van der Waals surface area contributed by atoms with Gasteiger partial charge in [-0.05, 0) is 109 Å². The van der Waals surface area contributed by atoms with Gasteiger partial charge in [0.05, 0.1) is 35.7 Å². The molecule has 3 aliphatic heterocycles. The monoisotopic (exact) mass is 668 g/mol. The predicted molar refractivity (Wildman–Crippen MR) is 193 cm³/mol. The number of carbonyl (C=O) groups is 1. The molecule has 0 radical (unpaired) electrons. The van der Waals surface area contributed by atoms with Crippen molar-refractivity contribution in [3.05, 3.63) is 65.4 Å². The van der Waals surface area contributed by atoms with Crippen LogP contribution in [0.25, 0.3) is 28.0 Å². The second-order valence-corrected chi connectivity index (χ2v) is 14.8. The molecule has 262 valence electrons.